The fourth-order valence-corrected chi connectivity index (χ4v) is 2.94. The maximum Gasteiger partial charge on any atom is 0.311 e. The van der Waals surface area contributed by atoms with E-state index in [0.29, 0.717) is 5.57 Å². The minimum absolute atomic E-state index is 0.208. The maximum atomic E-state index is 11.3. The van der Waals surface area contributed by atoms with Crippen LogP contribution in [0.2, 0.25) is 0 Å². The summed E-state index contributed by atoms with van der Waals surface area (Å²) in [5, 5.41) is 36.4. The van der Waals surface area contributed by atoms with Crippen LogP contribution in [-0.4, -0.2) is 44.3 Å². The molecule has 22 heavy (non-hydrogen) atoms. The molecule has 0 spiro atoms. The molecule has 0 saturated carbocycles. The Morgan fingerprint density at radius 2 is 1.73 bits per heavy atom. The number of carbonyl (C=O) groups is 4. The summed E-state index contributed by atoms with van der Waals surface area (Å²) >= 11 is 0. The van der Waals surface area contributed by atoms with Crippen LogP contribution in [0.25, 0.3) is 0 Å². The van der Waals surface area contributed by atoms with Crippen molar-refractivity contribution in [1.82, 2.24) is 0 Å². The van der Waals surface area contributed by atoms with E-state index in [4.69, 9.17) is 5.11 Å². The first kappa shape index (κ1) is 17.7. The molecule has 0 fully saturated rings. The summed E-state index contributed by atoms with van der Waals surface area (Å²) in [6.45, 7) is 1.65. The molecule has 0 heterocycles. The predicted octanol–water partition coefficient (Wildman–Crippen LogP) is 0.920. The van der Waals surface area contributed by atoms with Crippen molar-refractivity contribution in [2.24, 2.45) is 23.7 Å². The fraction of sp³-hybridized carbons (Fsp3) is 0.571. The Kier molecular flexibility index (Phi) is 5.67. The molecule has 4 N–H and O–H groups in total. The molecule has 4 atom stereocenters. The van der Waals surface area contributed by atoms with Gasteiger partial charge >= 0.3 is 23.9 Å². The zero-order valence-corrected chi connectivity index (χ0v) is 11.9. The molecule has 0 aliphatic heterocycles. The van der Waals surface area contributed by atoms with Gasteiger partial charge in [-0.3, -0.25) is 19.2 Å². The Labute approximate surface area is 126 Å². The highest BCUT2D eigenvalue weighted by molar-refractivity contribution is 5.84. The molecule has 1 aliphatic rings. The number of carboxylic acids is 4. The molecule has 0 bridgehead atoms. The average molecular weight is 314 g/mol. The Balaban J connectivity index is 3.24. The molecule has 8 heteroatoms. The quantitative estimate of drug-likeness (QED) is 0.507. The third-order valence-electron chi connectivity index (χ3n) is 3.98. The number of aliphatic carboxylic acids is 4. The minimum Gasteiger partial charge on any atom is -0.481 e. The van der Waals surface area contributed by atoms with Gasteiger partial charge in [0.05, 0.1) is 24.2 Å². The fourth-order valence-electron chi connectivity index (χ4n) is 2.94. The van der Waals surface area contributed by atoms with E-state index in [9.17, 15) is 34.5 Å². The van der Waals surface area contributed by atoms with Gasteiger partial charge in [0.1, 0.15) is 0 Å². The lowest BCUT2D eigenvalue weighted by Gasteiger charge is -2.33. The molecule has 0 aromatic heterocycles. The first-order valence-electron chi connectivity index (χ1n) is 6.79. The Morgan fingerprint density at radius 3 is 2.09 bits per heavy atom. The van der Waals surface area contributed by atoms with Crippen LogP contribution in [0, 0.1) is 23.7 Å². The van der Waals surface area contributed by atoms with Gasteiger partial charge in [0, 0.05) is 0 Å². The van der Waals surface area contributed by atoms with E-state index in [1.54, 1.807) is 6.92 Å². The van der Waals surface area contributed by atoms with E-state index in [1.807, 2.05) is 0 Å². The van der Waals surface area contributed by atoms with Crippen molar-refractivity contribution >= 4 is 23.9 Å². The zero-order valence-electron chi connectivity index (χ0n) is 11.9. The zero-order chi connectivity index (χ0) is 17.0. The van der Waals surface area contributed by atoms with Crippen molar-refractivity contribution in [3.8, 4) is 0 Å². The van der Waals surface area contributed by atoms with Crippen LogP contribution in [0.15, 0.2) is 11.6 Å². The van der Waals surface area contributed by atoms with E-state index < -0.39 is 54.0 Å². The van der Waals surface area contributed by atoms with Crippen molar-refractivity contribution in [2.75, 3.05) is 0 Å². The minimum atomic E-state index is -1.34. The predicted molar refractivity (Wildman–Crippen MR) is 72.1 cm³/mol. The van der Waals surface area contributed by atoms with Gasteiger partial charge < -0.3 is 20.4 Å². The van der Waals surface area contributed by atoms with Crippen molar-refractivity contribution in [2.45, 2.75) is 26.2 Å². The number of rotatable bonds is 7. The molecule has 1 aliphatic carbocycles. The SMILES string of the molecule is CCC1=CC(C(CC(=O)O)C(=O)O)CC(C(=O)O)C1C(=O)O. The van der Waals surface area contributed by atoms with E-state index >= 15 is 0 Å². The number of allylic oxidation sites excluding steroid dienone is 1. The number of hydrogen-bond donors (Lipinski definition) is 4. The molecule has 1 rings (SSSR count). The van der Waals surface area contributed by atoms with Gasteiger partial charge in [0.2, 0.25) is 0 Å². The third-order valence-corrected chi connectivity index (χ3v) is 3.98. The van der Waals surface area contributed by atoms with Crippen LogP contribution < -0.4 is 0 Å². The lowest BCUT2D eigenvalue weighted by Crippen LogP contribution is -2.39. The van der Waals surface area contributed by atoms with Crippen LogP contribution in [0.5, 0.6) is 0 Å². The van der Waals surface area contributed by atoms with Crippen LogP contribution in [0.3, 0.4) is 0 Å². The van der Waals surface area contributed by atoms with Crippen molar-refractivity contribution in [3.63, 3.8) is 0 Å². The molecule has 0 radical (unpaired) electrons. The van der Waals surface area contributed by atoms with Crippen LogP contribution >= 0.6 is 0 Å². The van der Waals surface area contributed by atoms with Crippen molar-refractivity contribution in [3.05, 3.63) is 11.6 Å². The summed E-state index contributed by atoms with van der Waals surface area (Å²) in [5.41, 5.74) is 0.327. The highest BCUT2D eigenvalue weighted by atomic mass is 16.4. The van der Waals surface area contributed by atoms with Crippen molar-refractivity contribution < 1.29 is 39.6 Å². The Hall–Kier alpha value is -2.38. The summed E-state index contributed by atoms with van der Waals surface area (Å²) in [7, 11) is 0. The largest absolute Gasteiger partial charge is 0.481 e. The second-order valence-corrected chi connectivity index (χ2v) is 5.30. The molecule has 4 unspecified atom stereocenters. The van der Waals surface area contributed by atoms with E-state index in [-0.39, 0.29) is 12.8 Å². The second kappa shape index (κ2) is 7.06. The van der Waals surface area contributed by atoms with Crippen LogP contribution in [0.1, 0.15) is 26.2 Å². The maximum absolute atomic E-state index is 11.3. The molecular formula is C14H18O8. The molecule has 0 aromatic rings. The number of carboxylic acid groups (broad SMARTS) is 4. The monoisotopic (exact) mass is 314 g/mol. The standard InChI is InChI=1S/C14H18O8/c1-2-6-3-7(8(12(17)18)5-10(15)16)4-9(13(19)20)11(6)14(21)22/h3,7-9,11H,2,4-5H2,1H3,(H,15,16)(H,17,18)(H,19,20)(H,21,22). The molecule has 0 aromatic carbocycles. The molecule has 122 valence electrons. The molecule has 0 saturated heterocycles. The first-order chi connectivity index (χ1) is 10.2. The lowest BCUT2D eigenvalue weighted by atomic mass is 9.69. The lowest BCUT2D eigenvalue weighted by molar-refractivity contribution is -0.155. The highest BCUT2D eigenvalue weighted by Gasteiger charge is 2.43. The van der Waals surface area contributed by atoms with Gasteiger partial charge in [0.15, 0.2) is 0 Å². The van der Waals surface area contributed by atoms with Crippen LogP contribution in [0.4, 0.5) is 0 Å². The Morgan fingerprint density at radius 1 is 1.14 bits per heavy atom. The first-order valence-corrected chi connectivity index (χ1v) is 6.79. The van der Waals surface area contributed by atoms with Gasteiger partial charge in [-0.05, 0) is 18.8 Å². The van der Waals surface area contributed by atoms with Gasteiger partial charge in [-0.15, -0.1) is 0 Å². The molecular weight excluding hydrogens is 296 g/mol. The molecule has 0 amide bonds. The van der Waals surface area contributed by atoms with E-state index in [2.05, 4.69) is 0 Å². The second-order valence-electron chi connectivity index (χ2n) is 5.30. The number of hydrogen-bond acceptors (Lipinski definition) is 4. The normalized spacial score (nSPS) is 25.9. The van der Waals surface area contributed by atoms with E-state index in [0.717, 1.165) is 0 Å². The topological polar surface area (TPSA) is 149 Å². The van der Waals surface area contributed by atoms with Crippen LogP contribution in [-0.2, 0) is 19.2 Å². The highest BCUT2D eigenvalue weighted by Crippen LogP contribution is 2.39. The third kappa shape index (κ3) is 3.84. The van der Waals surface area contributed by atoms with Gasteiger partial charge in [-0.2, -0.15) is 0 Å². The summed E-state index contributed by atoms with van der Waals surface area (Å²) in [4.78, 5) is 44.7. The summed E-state index contributed by atoms with van der Waals surface area (Å²) in [6.07, 6.45) is 0.841. The van der Waals surface area contributed by atoms with Gasteiger partial charge in [-0.1, -0.05) is 18.6 Å². The average Bonchev–Trinajstić information content (AvgIpc) is 2.42. The summed E-state index contributed by atoms with van der Waals surface area (Å²) < 4.78 is 0. The van der Waals surface area contributed by atoms with Crippen molar-refractivity contribution in [1.29, 1.82) is 0 Å². The Bertz CT molecular complexity index is 521. The smallest absolute Gasteiger partial charge is 0.311 e. The summed E-state index contributed by atoms with van der Waals surface area (Å²) in [6, 6.07) is 0. The van der Waals surface area contributed by atoms with E-state index in [1.165, 1.54) is 6.08 Å². The van der Waals surface area contributed by atoms with Gasteiger partial charge in [-0.25, -0.2) is 0 Å². The summed E-state index contributed by atoms with van der Waals surface area (Å²) in [5.74, 6) is -9.81. The molecule has 8 nitrogen and oxygen atoms in total. The van der Waals surface area contributed by atoms with Gasteiger partial charge in [0.25, 0.3) is 0 Å².